The van der Waals surface area contributed by atoms with E-state index in [0.717, 1.165) is 18.2 Å². The molecule has 1 aromatic carbocycles. The molecule has 0 radical (unpaired) electrons. The molecule has 0 saturated carbocycles. The number of hydrogen-bond acceptors (Lipinski definition) is 4. The van der Waals surface area contributed by atoms with Crippen molar-refractivity contribution in [3.8, 4) is 0 Å². The first-order chi connectivity index (χ1) is 9.70. The Kier molecular flexibility index (Phi) is 4.06. The molecule has 8 heteroatoms. The second kappa shape index (κ2) is 5.50. The van der Waals surface area contributed by atoms with Gasteiger partial charge in [0.2, 0.25) is 5.76 Å². The molecule has 0 amide bonds. The molecule has 2 rings (SSSR count). The molecule has 1 heterocycles. The van der Waals surface area contributed by atoms with Crippen LogP contribution < -0.4 is 0 Å². The van der Waals surface area contributed by atoms with Gasteiger partial charge in [-0.15, -0.1) is 0 Å². The van der Waals surface area contributed by atoms with Crippen molar-refractivity contribution in [2.45, 2.75) is 17.6 Å². The summed E-state index contributed by atoms with van der Waals surface area (Å²) in [5.74, 6) is -2.86. The Morgan fingerprint density at radius 2 is 2.05 bits per heavy atom. The highest BCUT2D eigenvalue weighted by Gasteiger charge is 2.22. The van der Waals surface area contributed by atoms with Crippen molar-refractivity contribution >= 4 is 27.4 Å². The standard InChI is InChI=1S/C13H10ClFO5S/c1-7-4-8(20-12(7)13(16)17)6-21(18,19)9-2-3-11(15)10(14)5-9/h2-5H,6H2,1H3,(H,16,17). The third kappa shape index (κ3) is 3.25. The largest absolute Gasteiger partial charge is 0.475 e. The lowest BCUT2D eigenvalue weighted by Crippen LogP contribution is -2.04. The summed E-state index contributed by atoms with van der Waals surface area (Å²) >= 11 is 5.55. The Morgan fingerprint density at radius 1 is 1.38 bits per heavy atom. The van der Waals surface area contributed by atoms with Crippen molar-refractivity contribution in [1.29, 1.82) is 0 Å². The smallest absolute Gasteiger partial charge is 0.372 e. The van der Waals surface area contributed by atoms with Gasteiger partial charge in [0.05, 0.1) is 9.92 Å². The minimum Gasteiger partial charge on any atom is -0.475 e. The van der Waals surface area contributed by atoms with Gasteiger partial charge in [-0.2, -0.15) is 0 Å². The molecule has 5 nitrogen and oxygen atoms in total. The zero-order valence-corrected chi connectivity index (χ0v) is 12.3. The van der Waals surface area contributed by atoms with Crippen LogP contribution in [0.5, 0.6) is 0 Å². The average Bonchev–Trinajstić information content (AvgIpc) is 2.72. The van der Waals surface area contributed by atoms with Gasteiger partial charge in [-0.05, 0) is 31.2 Å². The highest BCUT2D eigenvalue weighted by molar-refractivity contribution is 7.90. The minimum atomic E-state index is -3.82. The van der Waals surface area contributed by atoms with Gasteiger partial charge in [0.1, 0.15) is 17.3 Å². The topological polar surface area (TPSA) is 84.6 Å². The molecule has 0 spiro atoms. The summed E-state index contributed by atoms with van der Waals surface area (Å²) in [5, 5.41) is 8.55. The monoisotopic (exact) mass is 332 g/mol. The maximum atomic E-state index is 13.0. The Labute approximate surface area is 124 Å². The average molecular weight is 333 g/mol. The number of carbonyl (C=O) groups is 1. The van der Waals surface area contributed by atoms with Crippen molar-refractivity contribution in [3.63, 3.8) is 0 Å². The SMILES string of the molecule is Cc1cc(CS(=O)(=O)c2ccc(F)c(Cl)c2)oc1C(=O)O. The van der Waals surface area contributed by atoms with Crippen molar-refractivity contribution in [2.75, 3.05) is 0 Å². The van der Waals surface area contributed by atoms with E-state index in [9.17, 15) is 17.6 Å². The maximum absolute atomic E-state index is 13.0. The third-order valence-corrected chi connectivity index (χ3v) is 4.67. The number of carboxylic acids is 1. The van der Waals surface area contributed by atoms with Crippen LogP contribution in [0, 0.1) is 12.7 Å². The summed E-state index contributed by atoms with van der Waals surface area (Å²) in [5.41, 5.74) is 0.324. The second-order valence-electron chi connectivity index (χ2n) is 4.37. The number of benzene rings is 1. The fourth-order valence-electron chi connectivity index (χ4n) is 1.77. The summed E-state index contributed by atoms with van der Waals surface area (Å²) < 4.78 is 42.4. The Bertz CT molecular complexity index is 810. The first-order valence-electron chi connectivity index (χ1n) is 5.71. The number of halogens is 2. The molecule has 0 fully saturated rings. The van der Waals surface area contributed by atoms with E-state index in [1.807, 2.05) is 0 Å². The zero-order chi connectivity index (χ0) is 15.8. The molecule has 0 aliphatic heterocycles. The Hall–Kier alpha value is -1.86. The van der Waals surface area contributed by atoms with Crippen LogP contribution in [-0.4, -0.2) is 19.5 Å². The Balaban J connectivity index is 2.35. The lowest BCUT2D eigenvalue weighted by atomic mass is 10.3. The van der Waals surface area contributed by atoms with E-state index in [1.54, 1.807) is 0 Å². The molecule has 112 valence electrons. The molecule has 0 unspecified atom stereocenters. The lowest BCUT2D eigenvalue weighted by molar-refractivity contribution is 0.0659. The van der Waals surface area contributed by atoms with E-state index < -0.39 is 27.4 Å². The second-order valence-corrected chi connectivity index (χ2v) is 6.76. The summed E-state index contributed by atoms with van der Waals surface area (Å²) in [6, 6.07) is 4.38. The highest BCUT2D eigenvalue weighted by Crippen LogP contribution is 2.24. The van der Waals surface area contributed by atoms with E-state index in [4.69, 9.17) is 21.1 Å². The number of rotatable bonds is 4. The van der Waals surface area contributed by atoms with Gasteiger partial charge in [-0.1, -0.05) is 11.6 Å². The molecule has 0 bridgehead atoms. The maximum Gasteiger partial charge on any atom is 0.372 e. The van der Waals surface area contributed by atoms with E-state index in [0.29, 0.717) is 5.56 Å². The molecule has 21 heavy (non-hydrogen) atoms. The summed E-state index contributed by atoms with van der Waals surface area (Å²) in [7, 11) is -3.82. The van der Waals surface area contributed by atoms with Gasteiger partial charge in [-0.25, -0.2) is 17.6 Å². The minimum absolute atomic E-state index is 0.00894. The highest BCUT2D eigenvalue weighted by atomic mass is 35.5. The van der Waals surface area contributed by atoms with Gasteiger partial charge in [-0.3, -0.25) is 0 Å². The molecule has 0 saturated heterocycles. The number of carboxylic acid groups (broad SMARTS) is 1. The molecule has 1 aromatic heterocycles. The van der Waals surface area contributed by atoms with E-state index in [-0.39, 0.29) is 21.4 Å². The van der Waals surface area contributed by atoms with Gasteiger partial charge in [0.15, 0.2) is 9.84 Å². The number of hydrogen-bond donors (Lipinski definition) is 1. The zero-order valence-electron chi connectivity index (χ0n) is 10.8. The fraction of sp³-hybridized carbons (Fsp3) is 0.154. The van der Waals surface area contributed by atoms with Crippen LogP contribution in [0.4, 0.5) is 4.39 Å². The molecule has 2 aromatic rings. The quantitative estimate of drug-likeness (QED) is 0.870. The van der Waals surface area contributed by atoms with Crippen LogP contribution in [0.3, 0.4) is 0 Å². The number of sulfone groups is 1. The van der Waals surface area contributed by atoms with Crippen molar-refractivity contribution < 1.29 is 27.1 Å². The van der Waals surface area contributed by atoms with Gasteiger partial charge in [0, 0.05) is 5.56 Å². The van der Waals surface area contributed by atoms with E-state index in [1.165, 1.54) is 13.0 Å². The van der Waals surface area contributed by atoms with Crippen molar-refractivity contribution in [3.05, 3.63) is 52.2 Å². The van der Waals surface area contributed by atoms with Crippen LogP contribution in [0.25, 0.3) is 0 Å². The summed E-state index contributed by atoms with van der Waals surface area (Å²) in [4.78, 5) is 10.7. The molecular weight excluding hydrogens is 323 g/mol. The van der Waals surface area contributed by atoms with Crippen LogP contribution >= 0.6 is 11.6 Å². The van der Waals surface area contributed by atoms with E-state index >= 15 is 0 Å². The fourth-order valence-corrected chi connectivity index (χ4v) is 3.27. The molecule has 0 atom stereocenters. The number of furan rings is 1. The van der Waals surface area contributed by atoms with Gasteiger partial charge in [0.25, 0.3) is 0 Å². The lowest BCUT2D eigenvalue weighted by Gasteiger charge is -2.03. The normalized spacial score (nSPS) is 11.6. The summed E-state index contributed by atoms with van der Waals surface area (Å²) in [6.07, 6.45) is 0. The third-order valence-electron chi connectivity index (χ3n) is 2.75. The number of aromatic carboxylic acids is 1. The van der Waals surface area contributed by atoms with Gasteiger partial charge >= 0.3 is 5.97 Å². The van der Waals surface area contributed by atoms with Crippen molar-refractivity contribution in [1.82, 2.24) is 0 Å². The Morgan fingerprint density at radius 3 is 2.57 bits per heavy atom. The van der Waals surface area contributed by atoms with Crippen LogP contribution in [0.1, 0.15) is 21.9 Å². The van der Waals surface area contributed by atoms with E-state index in [2.05, 4.69) is 0 Å². The van der Waals surface area contributed by atoms with Crippen molar-refractivity contribution in [2.24, 2.45) is 0 Å². The molecular formula is C13H10ClFO5S. The first-order valence-corrected chi connectivity index (χ1v) is 7.74. The van der Waals surface area contributed by atoms with Crippen LogP contribution in [0.2, 0.25) is 5.02 Å². The molecule has 0 aliphatic rings. The number of aryl methyl sites for hydroxylation is 1. The molecule has 0 aliphatic carbocycles. The summed E-state index contributed by atoms with van der Waals surface area (Å²) in [6.45, 7) is 1.50. The molecule has 1 N–H and O–H groups in total. The van der Waals surface area contributed by atoms with Crippen LogP contribution in [0.15, 0.2) is 33.6 Å². The van der Waals surface area contributed by atoms with Gasteiger partial charge < -0.3 is 9.52 Å². The predicted molar refractivity (Wildman–Crippen MR) is 72.7 cm³/mol. The predicted octanol–water partition coefficient (Wildman–Crippen LogP) is 3.05. The first kappa shape index (κ1) is 15.5. The van der Waals surface area contributed by atoms with Crippen LogP contribution in [-0.2, 0) is 15.6 Å².